The summed E-state index contributed by atoms with van der Waals surface area (Å²) in [4.78, 5) is 23.2. The fourth-order valence-corrected chi connectivity index (χ4v) is 2.60. The molecule has 0 aliphatic rings. The summed E-state index contributed by atoms with van der Waals surface area (Å²) in [5.74, 6) is -1.20. The van der Waals surface area contributed by atoms with Gasteiger partial charge in [0.25, 0.3) is 5.91 Å². The van der Waals surface area contributed by atoms with Crippen molar-refractivity contribution < 1.29 is 23.1 Å². The van der Waals surface area contributed by atoms with Gasteiger partial charge in [0, 0.05) is 11.3 Å². The molecule has 0 bridgehead atoms. The third-order valence-electron chi connectivity index (χ3n) is 3.14. The quantitative estimate of drug-likeness (QED) is 0.752. The zero-order valence-electron chi connectivity index (χ0n) is 12.9. The van der Waals surface area contributed by atoms with Crippen LogP contribution in [0, 0.1) is 0 Å². The van der Waals surface area contributed by atoms with Crippen LogP contribution in [0.5, 0.6) is 0 Å². The fraction of sp³-hybridized carbons (Fsp3) is 0.125. The van der Waals surface area contributed by atoms with E-state index in [1.165, 1.54) is 24.3 Å². The number of carbonyl (C=O) groups excluding carboxylic acids is 2. The average molecular weight is 349 g/mol. The van der Waals surface area contributed by atoms with Gasteiger partial charge in [-0.2, -0.15) is 0 Å². The monoisotopic (exact) mass is 349 g/mol. The smallest absolute Gasteiger partial charge is 0.549 e. The Morgan fingerprint density at radius 3 is 2.25 bits per heavy atom. The molecule has 24 heavy (non-hydrogen) atoms. The van der Waals surface area contributed by atoms with E-state index in [0.29, 0.717) is 0 Å². The van der Waals surface area contributed by atoms with Crippen LogP contribution in [0.2, 0.25) is 0 Å². The van der Waals surface area contributed by atoms with E-state index in [0.717, 1.165) is 11.8 Å². The molecule has 0 saturated heterocycles. The topological polar surface area (TPSA) is 115 Å². The Balaban J connectivity index is 2.09. The number of nitrogens with one attached hydrogen (secondary N) is 2. The van der Waals surface area contributed by atoms with E-state index in [-0.39, 0.29) is 23.4 Å². The van der Waals surface area contributed by atoms with Gasteiger partial charge in [0.15, 0.2) is 0 Å². The zero-order valence-corrected chi connectivity index (χ0v) is 13.7. The van der Waals surface area contributed by atoms with Gasteiger partial charge in [-0.15, -0.1) is 0 Å². The molecule has 0 radical (unpaired) electrons. The molecule has 2 aromatic carbocycles. The third-order valence-corrected chi connectivity index (χ3v) is 3.73. The molecule has 0 heterocycles. The van der Waals surface area contributed by atoms with Crippen LogP contribution in [0.4, 0.5) is 5.69 Å². The number of rotatable bonds is 6. The third kappa shape index (κ3) is 4.82. The highest BCUT2D eigenvalue weighted by molar-refractivity contribution is 7.92. The molecule has 0 fully saturated rings. The van der Waals surface area contributed by atoms with E-state index >= 15 is 0 Å². The van der Waals surface area contributed by atoms with Gasteiger partial charge in [-0.1, -0.05) is 24.3 Å². The van der Waals surface area contributed by atoms with Crippen LogP contribution in [0.1, 0.15) is 26.3 Å². The SMILES string of the molecule is CS(=O)(=O)Nc1ccccc1C(=O)NCc1ccc(C(=O)[OH2+])cc1. The Morgan fingerprint density at radius 2 is 1.67 bits per heavy atom. The van der Waals surface area contributed by atoms with Crippen LogP contribution in [-0.2, 0) is 16.6 Å². The molecule has 1 amide bonds. The standard InChI is InChI=1S/C16H16N2O5S/c1-24(22,23)18-14-5-3-2-4-13(14)15(19)17-10-11-6-8-12(9-7-11)16(20)21/h2-9,18H,10H2,1H3,(H,17,19)(H,20,21)/p+1. The van der Waals surface area contributed by atoms with E-state index in [2.05, 4.69) is 10.0 Å². The summed E-state index contributed by atoms with van der Waals surface area (Å²) < 4.78 is 25.0. The highest BCUT2D eigenvalue weighted by Gasteiger charge is 2.14. The lowest BCUT2D eigenvalue weighted by Crippen LogP contribution is -2.24. The molecule has 0 aromatic heterocycles. The Hall–Kier alpha value is -2.87. The number of amides is 1. The highest BCUT2D eigenvalue weighted by atomic mass is 32.2. The molecule has 8 heteroatoms. The first-order valence-corrected chi connectivity index (χ1v) is 8.85. The number of hydrogen-bond donors (Lipinski definition) is 2. The lowest BCUT2D eigenvalue weighted by molar-refractivity contribution is 0.0696. The van der Waals surface area contributed by atoms with Crippen molar-refractivity contribution in [1.82, 2.24) is 5.32 Å². The maximum Gasteiger partial charge on any atom is 0.549 e. The van der Waals surface area contributed by atoms with Crippen molar-refractivity contribution in [2.75, 3.05) is 11.0 Å². The minimum Gasteiger partial charge on any atom is -0.561 e. The zero-order chi connectivity index (χ0) is 17.7. The van der Waals surface area contributed by atoms with Crippen molar-refractivity contribution in [3.8, 4) is 0 Å². The summed E-state index contributed by atoms with van der Waals surface area (Å²) in [6.07, 6.45) is 1.01. The molecule has 0 unspecified atom stereocenters. The van der Waals surface area contributed by atoms with Crippen molar-refractivity contribution in [3.63, 3.8) is 0 Å². The van der Waals surface area contributed by atoms with E-state index < -0.39 is 21.9 Å². The molecule has 0 saturated carbocycles. The molecular formula is C16H17N2O5S+. The molecule has 4 N–H and O–H groups in total. The second kappa shape index (κ2) is 7.14. The van der Waals surface area contributed by atoms with Crippen LogP contribution in [-0.4, -0.2) is 31.7 Å². The normalized spacial score (nSPS) is 10.9. The van der Waals surface area contributed by atoms with E-state index in [1.54, 1.807) is 24.3 Å². The number of anilines is 1. The molecule has 0 aliphatic carbocycles. The summed E-state index contributed by atoms with van der Waals surface area (Å²) in [5, 5.41) is 9.69. The summed E-state index contributed by atoms with van der Waals surface area (Å²) in [6.45, 7) is 0.207. The van der Waals surface area contributed by atoms with Gasteiger partial charge in [-0.05, 0) is 29.8 Å². The fourth-order valence-electron chi connectivity index (χ4n) is 2.02. The number of sulfonamides is 1. The average Bonchev–Trinajstić information content (AvgIpc) is 2.52. The Morgan fingerprint density at radius 1 is 1.04 bits per heavy atom. The second-order valence-electron chi connectivity index (χ2n) is 5.13. The molecule has 0 atom stereocenters. The van der Waals surface area contributed by atoms with Crippen LogP contribution in [0.3, 0.4) is 0 Å². The summed E-state index contributed by atoms with van der Waals surface area (Å²) in [7, 11) is -3.49. The number of benzene rings is 2. The maximum atomic E-state index is 12.3. The van der Waals surface area contributed by atoms with Gasteiger partial charge in [-0.3, -0.25) is 9.52 Å². The van der Waals surface area contributed by atoms with Crippen LogP contribution in [0.25, 0.3) is 0 Å². The Labute approximate surface area is 139 Å². The lowest BCUT2D eigenvalue weighted by atomic mass is 10.1. The summed E-state index contributed by atoms with van der Waals surface area (Å²) in [5.41, 5.74) is 1.43. The predicted octanol–water partition coefficient (Wildman–Crippen LogP) is 0.853. The highest BCUT2D eigenvalue weighted by Crippen LogP contribution is 2.16. The summed E-state index contributed by atoms with van der Waals surface area (Å²) in [6, 6.07) is 12.6. The van der Waals surface area contributed by atoms with Crippen molar-refractivity contribution in [2.45, 2.75) is 6.54 Å². The van der Waals surface area contributed by atoms with Gasteiger partial charge < -0.3 is 10.4 Å². The van der Waals surface area contributed by atoms with E-state index in [9.17, 15) is 18.0 Å². The number of para-hydroxylation sites is 1. The van der Waals surface area contributed by atoms with Crippen LogP contribution < -0.4 is 10.0 Å². The minimum atomic E-state index is -3.49. The van der Waals surface area contributed by atoms with Gasteiger partial charge >= 0.3 is 5.97 Å². The van der Waals surface area contributed by atoms with E-state index in [4.69, 9.17) is 5.11 Å². The van der Waals surface area contributed by atoms with Crippen molar-refractivity contribution in [2.24, 2.45) is 0 Å². The molecule has 0 spiro atoms. The Kier molecular flexibility index (Phi) is 5.20. The first-order valence-electron chi connectivity index (χ1n) is 6.96. The number of hydrogen-bond acceptors (Lipinski definition) is 4. The van der Waals surface area contributed by atoms with Gasteiger partial charge in [-0.25, -0.2) is 8.42 Å². The summed E-state index contributed by atoms with van der Waals surface area (Å²) >= 11 is 0. The van der Waals surface area contributed by atoms with E-state index in [1.807, 2.05) is 0 Å². The largest absolute Gasteiger partial charge is 0.561 e. The Bertz CT molecular complexity index is 860. The molecule has 2 rings (SSSR count). The molecule has 2 aromatic rings. The van der Waals surface area contributed by atoms with Crippen molar-refractivity contribution in [3.05, 3.63) is 65.2 Å². The van der Waals surface area contributed by atoms with Gasteiger partial charge in [0.2, 0.25) is 10.0 Å². The van der Waals surface area contributed by atoms with Crippen molar-refractivity contribution in [1.29, 1.82) is 0 Å². The lowest BCUT2D eigenvalue weighted by Gasteiger charge is -2.11. The second-order valence-corrected chi connectivity index (χ2v) is 6.88. The van der Waals surface area contributed by atoms with Gasteiger partial charge in [0.05, 0.1) is 17.5 Å². The predicted molar refractivity (Wildman–Crippen MR) is 90.5 cm³/mol. The van der Waals surface area contributed by atoms with Gasteiger partial charge in [0.1, 0.15) is 5.56 Å². The molecular weight excluding hydrogens is 332 g/mol. The first kappa shape index (κ1) is 17.5. The molecule has 0 aliphatic heterocycles. The van der Waals surface area contributed by atoms with Crippen molar-refractivity contribution >= 4 is 27.6 Å². The first-order chi connectivity index (χ1) is 11.3. The number of carbonyl (C=O) groups is 2. The molecule has 7 nitrogen and oxygen atoms in total. The molecule has 126 valence electrons. The maximum absolute atomic E-state index is 12.3. The van der Waals surface area contributed by atoms with Crippen LogP contribution in [0.15, 0.2) is 48.5 Å². The minimum absolute atomic E-state index is 0.202. The van der Waals surface area contributed by atoms with Crippen LogP contribution >= 0.6 is 0 Å².